The Bertz CT molecular complexity index is 1160. The van der Waals surface area contributed by atoms with Crippen molar-refractivity contribution in [1.29, 1.82) is 0 Å². The number of rotatable bonds is 7. The van der Waals surface area contributed by atoms with E-state index >= 15 is 0 Å². The summed E-state index contributed by atoms with van der Waals surface area (Å²) in [6, 6.07) is 25.0. The Kier molecular flexibility index (Phi) is 6.00. The van der Waals surface area contributed by atoms with Crippen LogP contribution in [0.2, 0.25) is 5.02 Å². The summed E-state index contributed by atoms with van der Waals surface area (Å²) in [6.07, 6.45) is 0. The van der Waals surface area contributed by atoms with E-state index in [0.29, 0.717) is 23.1 Å². The number of ether oxygens (including phenoxy) is 1. The van der Waals surface area contributed by atoms with Crippen LogP contribution in [0.4, 0.5) is 0 Å². The van der Waals surface area contributed by atoms with E-state index in [1.54, 1.807) is 11.0 Å². The highest BCUT2D eigenvalue weighted by molar-refractivity contribution is 6.32. The molecule has 1 aromatic heterocycles. The van der Waals surface area contributed by atoms with E-state index in [0.717, 1.165) is 16.6 Å². The van der Waals surface area contributed by atoms with Crippen molar-refractivity contribution >= 4 is 28.5 Å². The van der Waals surface area contributed by atoms with E-state index in [4.69, 9.17) is 16.3 Å². The number of halogens is 1. The van der Waals surface area contributed by atoms with Gasteiger partial charge in [-0.1, -0.05) is 66.2 Å². The van der Waals surface area contributed by atoms with E-state index in [-0.39, 0.29) is 19.1 Å². The van der Waals surface area contributed by atoms with Gasteiger partial charge in [0.15, 0.2) is 0 Å². The number of imidazole rings is 1. The Morgan fingerprint density at radius 3 is 2.50 bits per heavy atom. The van der Waals surface area contributed by atoms with Gasteiger partial charge in [-0.05, 0) is 29.8 Å². The smallest absolute Gasteiger partial charge is 0.242 e. The van der Waals surface area contributed by atoms with Gasteiger partial charge in [0.1, 0.15) is 24.7 Å². The maximum atomic E-state index is 13.0. The minimum absolute atomic E-state index is 0.000926. The van der Waals surface area contributed by atoms with Gasteiger partial charge < -0.3 is 14.2 Å². The van der Waals surface area contributed by atoms with Crippen LogP contribution in [-0.2, 0) is 24.5 Å². The summed E-state index contributed by atoms with van der Waals surface area (Å²) in [5.74, 6) is 1.27. The number of benzene rings is 3. The standard InChI is InChI=1S/C24H22ClN3O2/c1-27(15-18-9-3-2-4-10-18)24(29)16-28-21-13-7-6-12-20(21)26-23(28)17-30-22-14-8-5-11-19(22)25/h2-14H,15-17H2,1H3. The molecule has 0 aliphatic rings. The normalized spacial score (nSPS) is 10.9. The molecule has 30 heavy (non-hydrogen) atoms. The van der Waals surface area contributed by atoms with E-state index in [1.807, 2.05) is 84.4 Å². The van der Waals surface area contributed by atoms with Gasteiger partial charge in [-0.25, -0.2) is 4.98 Å². The topological polar surface area (TPSA) is 47.4 Å². The van der Waals surface area contributed by atoms with Crippen LogP contribution in [0, 0.1) is 0 Å². The minimum atomic E-state index is 0.000926. The lowest BCUT2D eigenvalue weighted by atomic mass is 10.2. The second-order valence-corrected chi connectivity index (χ2v) is 7.46. The van der Waals surface area contributed by atoms with Gasteiger partial charge >= 0.3 is 0 Å². The number of para-hydroxylation sites is 3. The lowest BCUT2D eigenvalue weighted by molar-refractivity contribution is -0.131. The van der Waals surface area contributed by atoms with Crippen molar-refractivity contribution in [2.45, 2.75) is 19.7 Å². The fraction of sp³-hybridized carbons (Fsp3) is 0.167. The minimum Gasteiger partial charge on any atom is -0.484 e. The highest BCUT2D eigenvalue weighted by Gasteiger charge is 2.17. The zero-order valence-corrected chi connectivity index (χ0v) is 17.4. The van der Waals surface area contributed by atoms with E-state index < -0.39 is 0 Å². The second kappa shape index (κ2) is 9.01. The van der Waals surface area contributed by atoms with Crippen molar-refractivity contribution in [2.75, 3.05) is 7.05 Å². The van der Waals surface area contributed by atoms with Crippen LogP contribution in [0.1, 0.15) is 11.4 Å². The molecule has 0 atom stereocenters. The molecule has 152 valence electrons. The highest BCUT2D eigenvalue weighted by Crippen LogP contribution is 2.25. The van der Waals surface area contributed by atoms with E-state index in [9.17, 15) is 4.79 Å². The average Bonchev–Trinajstić information content (AvgIpc) is 3.11. The largest absolute Gasteiger partial charge is 0.484 e. The van der Waals surface area contributed by atoms with Crippen LogP contribution in [0.15, 0.2) is 78.9 Å². The van der Waals surface area contributed by atoms with Crippen molar-refractivity contribution in [3.8, 4) is 5.75 Å². The molecule has 0 radical (unpaired) electrons. The molecule has 1 amide bonds. The van der Waals surface area contributed by atoms with Crippen LogP contribution in [0.5, 0.6) is 5.75 Å². The highest BCUT2D eigenvalue weighted by atomic mass is 35.5. The van der Waals surface area contributed by atoms with Crippen molar-refractivity contribution in [2.24, 2.45) is 0 Å². The van der Waals surface area contributed by atoms with Gasteiger partial charge in [-0.3, -0.25) is 4.79 Å². The number of carbonyl (C=O) groups is 1. The molecule has 0 aliphatic heterocycles. The molecule has 0 saturated carbocycles. The first kappa shape index (κ1) is 20.0. The maximum Gasteiger partial charge on any atom is 0.242 e. The lowest BCUT2D eigenvalue weighted by Gasteiger charge is -2.19. The van der Waals surface area contributed by atoms with Crippen LogP contribution in [-0.4, -0.2) is 27.4 Å². The summed E-state index contributed by atoms with van der Waals surface area (Å²) in [6.45, 7) is 0.955. The van der Waals surface area contributed by atoms with E-state index in [2.05, 4.69) is 4.98 Å². The summed E-state index contributed by atoms with van der Waals surface area (Å²) in [5, 5.41) is 0.541. The van der Waals surface area contributed by atoms with Gasteiger partial charge in [0.2, 0.25) is 5.91 Å². The molecule has 0 spiro atoms. The molecule has 6 heteroatoms. The molecule has 0 unspecified atom stereocenters. The second-order valence-electron chi connectivity index (χ2n) is 7.06. The number of hydrogen-bond donors (Lipinski definition) is 0. The first-order chi connectivity index (χ1) is 14.6. The van der Waals surface area contributed by atoms with Gasteiger partial charge in [0.05, 0.1) is 16.1 Å². The number of amides is 1. The first-order valence-electron chi connectivity index (χ1n) is 9.71. The maximum absolute atomic E-state index is 13.0. The number of aromatic nitrogens is 2. The predicted molar refractivity (Wildman–Crippen MR) is 118 cm³/mol. The summed E-state index contributed by atoms with van der Waals surface area (Å²) >= 11 is 6.20. The van der Waals surface area contributed by atoms with Crippen LogP contribution in [0.25, 0.3) is 11.0 Å². The molecule has 0 N–H and O–H groups in total. The van der Waals surface area contributed by atoms with Crippen LogP contribution < -0.4 is 4.74 Å². The Balaban J connectivity index is 1.55. The van der Waals surface area contributed by atoms with E-state index in [1.165, 1.54) is 0 Å². The Hall–Kier alpha value is -3.31. The summed E-state index contributed by atoms with van der Waals surface area (Å²) in [5.41, 5.74) is 2.82. The average molecular weight is 420 g/mol. The number of hydrogen-bond acceptors (Lipinski definition) is 3. The van der Waals surface area contributed by atoms with Crippen molar-refractivity contribution < 1.29 is 9.53 Å². The zero-order valence-electron chi connectivity index (χ0n) is 16.7. The fourth-order valence-corrected chi connectivity index (χ4v) is 3.51. The number of fused-ring (bicyclic) bond motifs is 1. The third-order valence-corrected chi connectivity index (χ3v) is 5.22. The Labute approximate surface area is 180 Å². The van der Waals surface area contributed by atoms with Gasteiger partial charge in [0.25, 0.3) is 0 Å². The summed E-state index contributed by atoms with van der Waals surface area (Å²) in [7, 11) is 1.81. The molecule has 1 heterocycles. The molecule has 0 bridgehead atoms. The lowest BCUT2D eigenvalue weighted by Crippen LogP contribution is -2.30. The monoisotopic (exact) mass is 419 g/mol. The van der Waals surface area contributed by atoms with Gasteiger partial charge in [-0.15, -0.1) is 0 Å². The summed E-state index contributed by atoms with van der Waals surface area (Å²) < 4.78 is 7.80. The van der Waals surface area contributed by atoms with Crippen molar-refractivity contribution in [3.05, 3.63) is 95.3 Å². The molecule has 0 fully saturated rings. The van der Waals surface area contributed by atoms with Gasteiger partial charge in [-0.2, -0.15) is 0 Å². The molecule has 4 aromatic rings. The fourth-order valence-electron chi connectivity index (χ4n) is 3.32. The first-order valence-corrected chi connectivity index (χ1v) is 10.1. The van der Waals surface area contributed by atoms with Gasteiger partial charge in [0, 0.05) is 13.6 Å². The third-order valence-electron chi connectivity index (χ3n) is 4.91. The molecule has 3 aromatic carbocycles. The molecule has 0 aliphatic carbocycles. The molecule has 4 rings (SSSR count). The number of nitrogens with zero attached hydrogens (tertiary/aromatic N) is 3. The SMILES string of the molecule is CN(Cc1ccccc1)C(=O)Cn1c(COc2ccccc2Cl)nc2ccccc21. The molecule has 5 nitrogen and oxygen atoms in total. The zero-order chi connectivity index (χ0) is 20.9. The van der Waals surface area contributed by atoms with Crippen LogP contribution in [0.3, 0.4) is 0 Å². The number of likely N-dealkylation sites (N-methyl/N-ethyl adjacent to an activating group) is 1. The Morgan fingerprint density at radius 2 is 1.70 bits per heavy atom. The third kappa shape index (κ3) is 4.47. The molecular formula is C24H22ClN3O2. The van der Waals surface area contributed by atoms with Crippen molar-refractivity contribution in [3.63, 3.8) is 0 Å². The quantitative estimate of drug-likeness (QED) is 0.427. The molecule has 0 saturated heterocycles. The number of carbonyl (C=O) groups excluding carboxylic acids is 1. The summed E-state index contributed by atoms with van der Waals surface area (Å²) in [4.78, 5) is 19.4. The van der Waals surface area contributed by atoms with Crippen molar-refractivity contribution in [1.82, 2.24) is 14.5 Å². The predicted octanol–water partition coefficient (Wildman–Crippen LogP) is 4.93. The molecular weight excluding hydrogens is 398 g/mol. The Morgan fingerprint density at radius 1 is 1.00 bits per heavy atom. The van der Waals surface area contributed by atoms with Crippen LogP contribution >= 0.6 is 11.6 Å².